The summed E-state index contributed by atoms with van der Waals surface area (Å²) in [5.41, 5.74) is 9.76. The Labute approximate surface area is 232 Å². The molecule has 1 aliphatic rings. The maximum absolute atomic E-state index is 6.40. The van der Waals surface area contributed by atoms with Gasteiger partial charge in [0.25, 0.3) is 0 Å². The Balaban J connectivity index is 1.57. The highest BCUT2D eigenvalue weighted by atomic mass is 16.7. The molecule has 1 fully saturated rings. The lowest BCUT2D eigenvalue weighted by Crippen LogP contribution is -2.41. The Kier molecular flexibility index (Phi) is 6.50. The first-order chi connectivity index (χ1) is 18.8. The molecule has 0 aromatic heterocycles. The van der Waals surface area contributed by atoms with Crippen molar-refractivity contribution in [1.82, 2.24) is 0 Å². The van der Waals surface area contributed by atoms with Crippen molar-refractivity contribution < 1.29 is 9.31 Å². The second kappa shape index (κ2) is 10.00. The topological polar surface area (TPSA) is 18.5 Å². The van der Waals surface area contributed by atoms with Crippen LogP contribution in [0.5, 0.6) is 0 Å². The van der Waals surface area contributed by atoms with Crippen molar-refractivity contribution in [2.75, 3.05) is 0 Å². The van der Waals surface area contributed by atoms with Crippen LogP contribution < -0.4 is 5.46 Å². The molecule has 192 valence electrons. The van der Waals surface area contributed by atoms with Gasteiger partial charge in [-0.05, 0) is 89.8 Å². The third kappa shape index (κ3) is 4.85. The molecule has 0 atom stereocenters. The lowest BCUT2D eigenvalue weighted by molar-refractivity contribution is 0.00578. The van der Waals surface area contributed by atoms with Crippen LogP contribution in [0.2, 0.25) is 0 Å². The maximum Gasteiger partial charge on any atom is 0.494 e. The fourth-order valence-electron chi connectivity index (χ4n) is 5.24. The summed E-state index contributed by atoms with van der Waals surface area (Å²) in [7, 11) is -0.410. The van der Waals surface area contributed by atoms with Crippen molar-refractivity contribution in [2.45, 2.75) is 38.9 Å². The van der Waals surface area contributed by atoms with Crippen molar-refractivity contribution in [3.63, 3.8) is 0 Å². The molecule has 0 N–H and O–H groups in total. The number of rotatable bonds is 5. The molecule has 2 nitrogen and oxygen atoms in total. The molecule has 3 heteroatoms. The summed E-state index contributed by atoms with van der Waals surface area (Å²) in [5.74, 6) is 0. The van der Waals surface area contributed by atoms with E-state index in [1.54, 1.807) is 0 Å². The van der Waals surface area contributed by atoms with Crippen molar-refractivity contribution in [2.24, 2.45) is 0 Å². The summed E-state index contributed by atoms with van der Waals surface area (Å²) in [5, 5.41) is 0. The van der Waals surface area contributed by atoms with E-state index >= 15 is 0 Å². The van der Waals surface area contributed by atoms with Gasteiger partial charge in [-0.3, -0.25) is 0 Å². The molecule has 0 bridgehead atoms. The highest BCUT2D eigenvalue weighted by molar-refractivity contribution is 6.62. The molecule has 1 heterocycles. The van der Waals surface area contributed by atoms with Gasteiger partial charge in [0.15, 0.2) is 0 Å². The molecule has 0 aliphatic carbocycles. The minimum Gasteiger partial charge on any atom is -0.399 e. The molecule has 0 amide bonds. The van der Waals surface area contributed by atoms with Crippen LogP contribution in [0.1, 0.15) is 27.7 Å². The normalized spacial score (nSPS) is 15.8. The van der Waals surface area contributed by atoms with Crippen LogP contribution in [0.4, 0.5) is 0 Å². The summed E-state index contributed by atoms with van der Waals surface area (Å²) >= 11 is 0. The average molecular weight is 508 g/mol. The monoisotopic (exact) mass is 508 g/mol. The summed E-state index contributed by atoms with van der Waals surface area (Å²) < 4.78 is 12.8. The Hall–Kier alpha value is -3.92. The van der Waals surface area contributed by atoms with Gasteiger partial charge >= 0.3 is 7.12 Å². The first-order valence-electron chi connectivity index (χ1n) is 13.6. The van der Waals surface area contributed by atoms with Crippen LogP contribution >= 0.6 is 0 Å². The molecule has 1 aliphatic heterocycles. The van der Waals surface area contributed by atoms with Gasteiger partial charge in [0.05, 0.1) is 11.2 Å². The molecule has 0 unspecified atom stereocenters. The van der Waals surface area contributed by atoms with Gasteiger partial charge in [-0.25, -0.2) is 0 Å². The van der Waals surface area contributed by atoms with E-state index in [-0.39, 0.29) is 11.2 Å². The standard InChI is InChI=1S/C36H33BO2/c1-35(2)36(3,4)39-37(38-35)30-22-14-21-29(23-30)34-25-32(27-17-10-6-11-18-27)31(26-15-8-5-9-16-26)24-33(34)28-19-12-7-13-20-28/h5-25H,1-4H3. The van der Waals surface area contributed by atoms with E-state index in [4.69, 9.17) is 9.31 Å². The van der Waals surface area contributed by atoms with Gasteiger partial charge in [-0.1, -0.05) is 115 Å². The zero-order chi connectivity index (χ0) is 27.0. The first kappa shape index (κ1) is 25.4. The third-order valence-electron chi connectivity index (χ3n) is 8.14. The molecule has 0 saturated carbocycles. The summed E-state index contributed by atoms with van der Waals surface area (Å²) in [4.78, 5) is 0. The highest BCUT2D eigenvalue weighted by Crippen LogP contribution is 2.42. The zero-order valence-corrected chi connectivity index (χ0v) is 23.0. The number of hydrogen-bond donors (Lipinski definition) is 0. The summed E-state index contributed by atoms with van der Waals surface area (Å²) in [6.07, 6.45) is 0. The zero-order valence-electron chi connectivity index (χ0n) is 23.0. The predicted molar refractivity (Wildman–Crippen MR) is 164 cm³/mol. The molecule has 0 radical (unpaired) electrons. The second-order valence-corrected chi connectivity index (χ2v) is 11.3. The predicted octanol–water partition coefficient (Wildman–Crippen LogP) is 8.65. The van der Waals surface area contributed by atoms with Crippen LogP contribution in [-0.2, 0) is 9.31 Å². The highest BCUT2D eigenvalue weighted by Gasteiger charge is 2.51. The fourth-order valence-corrected chi connectivity index (χ4v) is 5.24. The lowest BCUT2D eigenvalue weighted by atomic mass is 9.77. The quantitative estimate of drug-likeness (QED) is 0.221. The van der Waals surface area contributed by atoms with E-state index in [2.05, 4.69) is 155 Å². The van der Waals surface area contributed by atoms with E-state index in [1.165, 1.54) is 38.9 Å². The minimum atomic E-state index is -0.410. The first-order valence-corrected chi connectivity index (χ1v) is 13.6. The van der Waals surface area contributed by atoms with E-state index in [0.29, 0.717) is 0 Å². The Morgan fingerprint density at radius 3 is 1.18 bits per heavy atom. The van der Waals surface area contributed by atoms with Crippen molar-refractivity contribution in [3.05, 3.63) is 127 Å². The van der Waals surface area contributed by atoms with Gasteiger partial charge < -0.3 is 9.31 Å². The van der Waals surface area contributed by atoms with Crippen LogP contribution in [0.3, 0.4) is 0 Å². The van der Waals surface area contributed by atoms with E-state index in [1.807, 2.05) is 0 Å². The summed E-state index contributed by atoms with van der Waals surface area (Å²) in [6.45, 7) is 8.38. The van der Waals surface area contributed by atoms with Crippen molar-refractivity contribution in [3.8, 4) is 44.5 Å². The van der Waals surface area contributed by atoms with Crippen molar-refractivity contribution >= 4 is 12.6 Å². The molecule has 0 spiro atoms. The molecule has 6 rings (SSSR count). The van der Waals surface area contributed by atoms with Crippen molar-refractivity contribution in [1.29, 1.82) is 0 Å². The van der Waals surface area contributed by atoms with E-state index < -0.39 is 7.12 Å². The van der Waals surface area contributed by atoms with Gasteiger partial charge in [-0.15, -0.1) is 0 Å². The fraction of sp³-hybridized carbons (Fsp3) is 0.167. The molecular formula is C36H33BO2. The Bertz CT molecular complexity index is 1580. The molecule has 5 aromatic rings. The smallest absolute Gasteiger partial charge is 0.399 e. The number of benzene rings is 5. The van der Waals surface area contributed by atoms with Crippen LogP contribution in [0.25, 0.3) is 44.5 Å². The van der Waals surface area contributed by atoms with Gasteiger partial charge in [-0.2, -0.15) is 0 Å². The van der Waals surface area contributed by atoms with E-state index in [0.717, 1.165) is 11.0 Å². The van der Waals surface area contributed by atoms with Gasteiger partial charge in [0.2, 0.25) is 0 Å². The largest absolute Gasteiger partial charge is 0.494 e. The Morgan fingerprint density at radius 1 is 0.410 bits per heavy atom. The van der Waals surface area contributed by atoms with Crippen LogP contribution in [0, 0.1) is 0 Å². The molecule has 1 saturated heterocycles. The molecular weight excluding hydrogens is 475 g/mol. The Morgan fingerprint density at radius 2 is 0.769 bits per heavy atom. The number of hydrogen-bond acceptors (Lipinski definition) is 2. The minimum absolute atomic E-state index is 0.388. The average Bonchev–Trinajstić information content (AvgIpc) is 3.20. The molecule has 39 heavy (non-hydrogen) atoms. The van der Waals surface area contributed by atoms with Gasteiger partial charge in [0, 0.05) is 0 Å². The maximum atomic E-state index is 6.40. The third-order valence-corrected chi connectivity index (χ3v) is 8.14. The van der Waals surface area contributed by atoms with Gasteiger partial charge in [0.1, 0.15) is 0 Å². The van der Waals surface area contributed by atoms with E-state index in [9.17, 15) is 0 Å². The summed E-state index contributed by atoms with van der Waals surface area (Å²) in [6, 6.07) is 45.3. The second-order valence-electron chi connectivity index (χ2n) is 11.3. The lowest BCUT2D eigenvalue weighted by Gasteiger charge is -2.32. The SMILES string of the molecule is CC1(C)OB(c2cccc(-c3cc(-c4ccccc4)c(-c4ccccc4)cc3-c3ccccc3)c2)OC1(C)C. The van der Waals surface area contributed by atoms with Crippen LogP contribution in [0.15, 0.2) is 127 Å². The van der Waals surface area contributed by atoms with Crippen LogP contribution in [-0.4, -0.2) is 18.3 Å². The molecule has 5 aromatic carbocycles.